The van der Waals surface area contributed by atoms with Crippen molar-refractivity contribution in [2.24, 2.45) is 0 Å². The molecule has 1 aromatic rings. The van der Waals surface area contributed by atoms with Crippen LogP contribution in [0.25, 0.3) is 0 Å². The van der Waals surface area contributed by atoms with Crippen molar-refractivity contribution in [3.63, 3.8) is 0 Å². The molecular weight excluding hydrogens is 236 g/mol. The molecule has 0 fully saturated rings. The highest BCUT2D eigenvalue weighted by Crippen LogP contribution is 2.30. The van der Waals surface area contributed by atoms with Gasteiger partial charge in [0.15, 0.2) is 0 Å². The minimum atomic E-state index is 0.254. The smallest absolute Gasteiger partial charge is 0.142 e. The topological polar surface area (TPSA) is 33.3 Å². The average Bonchev–Trinajstić information content (AvgIpc) is 2.38. The van der Waals surface area contributed by atoms with Gasteiger partial charge in [-0.2, -0.15) is 0 Å². The minimum absolute atomic E-state index is 0.254. The number of hydrogen-bond donors (Lipinski definition) is 2. The Hall–Kier alpha value is -1.22. The van der Waals surface area contributed by atoms with Crippen LogP contribution in [0.1, 0.15) is 39.7 Å². The summed E-state index contributed by atoms with van der Waals surface area (Å²) in [5.74, 6) is 0.977. The number of rotatable bonds is 5. The van der Waals surface area contributed by atoms with Crippen molar-refractivity contribution in [1.82, 2.24) is 5.32 Å². The Labute approximate surface area is 116 Å². The predicted octanol–water partition coefficient (Wildman–Crippen LogP) is 3.20. The normalized spacial score (nSPS) is 20.9. The van der Waals surface area contributed by atoms with E-state index >= 15 is 0 Å². The third kappa shape index (κ3) is 3.87. The van der Waals surface area contributed by atoms with Crippen LogP contribution >= 0.6 is 0 Å². The van der Waals surface area contributed by atoms with Gasteiger partial charge >= 0.3 is 0 Å². The zero-order valence-electron chi connectivity index (χ0n) is 12.5. The van der Waals surface area contributed by atoms with Gasteiger partial charge in [-0.15, -0.1) is 0 Å². The maximum atomic E-state index is 5.80. The molecule has 3 unspecified atom stereocenters. The molecule has 1 aliphatic heterocycles. The van der Waals surface area contributed by atoms with Crippen LogP contribution in [0.5, 0.6) is 5.75 Å². The SMILES string of the molecule is CCC(C)NC(C)Cc1ccc2c(c1)NCC(C)O2. The zero-order valence-corrected chi connectivity index (χ0v) is 12.5. The summed E-state index contributed by atoms with van der Waals surface area (Å²) < 4.78 is 5.80. The lowest BCUT2D eigenvalue weighted by Crippen LogP contribution is -2.35. The largest absolute Gasteiger partial charge is 0.487 e. The monoisotopic (exact) mass is 262 g/mol. The predicted molar refractivity (Wildman–Crippen MR) is 81.1 cm³/mol. The van der Waals surface area contributed by atoms with Gasteiger partial charge in [-0.25, -0.2) is 0 Å². The molecule has 0 amide bonds. The van der Waals surface area contributed by atoms with Crippen LogP contribution in [-0.2, 0) is 6.42 Å². The Morgan fingerprint density at radius 2 is 2.16 bits per heavy atom. The summed E-state index contributed by atoms with van der Waals surface area (Å²) in [4.78, 5) is 0. The van der Waals surface area contributed by atoms with E-state index in [9.17, 15) is 0 Å². The molecule has 1 heterocycles. The van der Waals surface area contributed by atoms with Crippen molar-refractivity contribution in [3.8, 4) is 5.75 Å². The lowest BCUT2D eigenvalue weighted by Gasteiger charge is -2.26. The number of benzene rings is 1. The number of fused-ring (bicyclic) bond motifs is 1. The fourth-order valence-corrected chi connectivity index (χ4v) is 2.47. The second-order valence-corrected chi connectivity index (χ2v) is 5.72. The van der Waals surface area contributed by atoms with E-state index in [1.807, 2.05) is 0 Å². The Morgan fingerprint density at radius 3 is 2.89 bits per heavy atom. The molecule has 1 aliphatic rings. The third-order valence-electron chi connectivity index (χ3n) is 3.68. The van der Waals surface area contributed by atoms with E-state index in [1.54, 1.807) is 0 Å². The van der Waals surface area contributed by atoms with E-state index in [-0.39, 0.29) is 6.10 Å². The third-order valence-corrected chi connectivity index (χ3v) is 3.68. The van der Waals surface area contributed by atoms with Crippen LogP contribution in [0, 0.1) is 0 Å². The summed E-state index contributed by atoms with van der Waals surface area (Å²) >= 11 is 0. The van der Waals surface area contributed by atoms with Gasteiger partial charge in [-0.05, 0) is 51.3 Å². The van der Waals surface area contributed by atoms with Gasteiger partial charge < -0.3 is 15.4 Å². The summed E-state index contributed by atoms with van der Waals surface area (Å²) in [6.45, 7) is 9.67. The van der Waals surface area contributed by atoms with Gasteiger partial charge in [0.1, 0.15) is 11.9 Å². The van der Waals surface area contributed by atoms with E-state index in [2.05, 4.69) is 56.5 Å². The second-order valence-electron chi connectivity index (χ2n) is 5.72. The van der Waals surface area contributed by atoms with Crippen molar-refractivity contribution in [1.29, 1.82) is 0 Å². The van der Waals surface area contributed by atoms with E-state index in [4.69, 9.17) is 4.74 Å². The highest BCUT2D eigenvalue weighted by Gasteiger charge is 2.16. The van der Waals surface area contributed by atoms with E-state index in [0.29, 0.717) is 12.1 Å². The first-order valence-corrected chi connectivity index (χ1v) is 7.38. The first-order valence-electron chi connectivity index (χ1n) is 7.38. The van der Waals surface area contributed by atoms with Gasteiger partial charge in [0.2, 0.25) is 0 Å². The number of hydrogen-bond acceptors (Lipinski definition) is 3. The van der Waals surface area contributed by atoms with Gasteiger partial charge in [-0.1, -0.05) is 13.0 Å². The summed E-state index contributed by atoms with van der Waals surface area (Å²) in [6, 6.07) is 7.55. The fourth-order valence-electron chi connectivity index (χ4n) is 2.47. The van der Waals surface area contributed by atoms with Crippen LogP contribution in [0.4, 0.5) is 5.69 Å². The first-order chi connectivity index (χ1) is 9.08. The van der Waals surface area contributed by atoms with Crippen LogP contribution in [0.3, 0.4) is 0 Å². The molecule has 106 valence electrons. The van der Waals surface area contributed by atoms with Crippen molar-refractivity contribution in [2.75, 3.05) is 11.9 Å². The molecule has 0 saturated heterocycles. The summed E-state index contributed by atoms with van der Waals surface area (Å²) in [7, 11) is 0. The molecule has 19 heavy (non-hydrogen) atoms. The minimum Gasteiger partial charge on any atom is -0.487 e. The number of nitrogens with one attached hydrogen (secondary N) is 2. The molecule has 2 rings (SSSR count). The molecule has 1 aromatic carbocycles. The van der Waals surface area contributed by atoms with Crippen molar-refractivity contribution in [3.05, 3.63) is 23.8 Å². The summed E-state index contributed by atoms with van der Waals surface area (Å²) in [6.07, 6.45) is 2.47. The van der Waals surface area contributed by atoms with Crippen molar-refractivity contribution in [2.45, 2.75) is 58.7 Å². The molecular formula is C16H26N2O. The molecule has 3 atom stereocenters. The molecule has 0 spiro atoms. The van der Waals surface area contributed by atoms with Crippen LogP contribution in [0.15, 0.2) is 18.2 Å². The van der Waals surface area contributed by atoms with Crippen molar-refractivity contribution < 1.29 is 4.74 Å². The Morgan fingerprint density at radius 1 is 1.37 bits per heavy atom. The standard InChI is InChI=1S/C16H26N2O/c1-5-11(2)18-12(3)8-14-6-7-16-15(9-14)17-10-13(4)19-16/h6-7,9,11-13,17-18H,5,8,10H2,1-4H3. The first kappa shape index (κ1) is 14.2. The van der Waals surface area contributed by atoms with Crippen LogP contribution in [-0.4, -0.2) is 24.7 Å². The summed E-state index contributed by atoms with van der Waals surface area (Å²) in [5.41, 5.74) is 2.49. The number of ether oxygens (including phenoxy) is 1. The Kier molecular flexibility index (Phi) is 4.70. The van der Waals surface area contributed by atoms with Crippen LogP contribution < -0.4 is 15.4 Å². The van der Waals surface area contributed by atoms with E-state index < -0.39 is 0 Å². The molecule has 0 aromatic heterocycles. The molecule has 0 bridgehead atoms. The molecule has 0 radical (unpaired) electrons. The Balaban J connectivity index is 1.98. The molecule has 0 saturated carbocycles. The molecule has 2 N–H and O–H groups in total. The highest BCUT2D eigenvalue weighted by molar-refractivity contribution is 5.59. The Bertz CT molecular complexity index is 419. The second kappa shape index (κ2) is 6.29. The highest BCUT2D eigenvalue weighted by atomic mass is 16.5. The van der Waals surface area contributed by atoms with E-state index in [1.165, 1.54) is 12.0 Å². The van der Waals surface area contributed by atoms with Gasteiger partial charge in [0.25, 0.3) is 0 Å². The quantitative estimate of drug-likeness (QED) is 0.855. The number of anilines is 1. The molecule has 3 nitrogen and oxygen atoms in total. The maximum absolute atomic E-state index is 5.80. The average molecular weight is 262 g/mol. The van der Waals surface area contributed by atoms with Crippen LogP contribution in [0.2, 0.25) is 0 Å². The van der Waals surface area contributed by atoms with Gasteiger partial charge in [0, 0.05) is 12.1 Å². The summed E-state index contributed by atoms with van der Waals surface area (Å²) in [5, 5.41) is 7.05. The lowest BCUT2D eigenvalue weighted by atomic mass is 10.0. The molecule has 0 aliphatic carbocycles. The lowest BCUT2D eigenvalue weighted by molar-refractivity contribution is 0.226. The van der Waals surface area contributed by atoms with Crippen molar-refractivity contribution >= 4 is 5.69 Å². The maximum Gasteiger partial charge on any atom is 0.142 e. The fraction of sp³-hybridized carbons (Fsp3) is 0.625. The van der Waals surface area contributed by atoms with Gasteiger partial charge in [0.05, 0.1) is 12.2 Å². The van der Waals surface area contributed by atoms with E-state index in [0.717, 1.165) is 24.4 Å². The molecule has 3 heteroatoms. The zero-order chi connectivity index (χ0) is 13.8. The van der Waals surface area contributed by atoms with Gasteiger partial charge in [-0.3, -0.25) is 0 Å².